The van der Waals surface area contributed by atoms with Crippen molar-refractivity contribution in [3.8, 4) is 5.75 Å². The molecule has 0 aliphatic heterocycles. The predicted molar refractivity (Wildman–Crippen MR) is 71.1 cm³/mol. The second-order valence-electron chi connectivity index (χ2n) is 3.97. The van der Waals surface area contributed by atoms with E-state index in [4.69, 9.17) is 9.88 Å². The Hall–Kier alpha value is -1.11. The molecule has 6 heteroatoms. The molecule has 1 aromatic rings. The summed E-state index contributed by atoms with van der Waals surface area (Å²) in [4.78, 5) is 0.0967. The SMILES string of the molecule is CCCNCCCOc1ccc(S(N)(=O)=O)cc1. The molecule has 0 bridgehead atoms. The standard InChI is InChI=1S/C12H20N2O3S/c1-2-8-14-9-3-10-17-11-4-6-12(7-5-11)18(13,15)16/h4-7,14H,2-3,8-10H2,1H3,(H2,13,15,16). The third kappa shape index (κ3) is 5.48. The molecule has 0 amide bonds. The summed E-state index contributed by atoms with van der Waals surface area (Å²) in [6.07, 6.45) is 2.03. The van der Waals surface area contributed by atoms with Crippen LogP contribution in [0.4, 0.5) is 0 Å². The van der Waals surface area contributed by atoms with Gasteiger partial charge in [0.05, 0.1) is 11.5 Å². The van der Waals surface area contributed by atoms with Gasteiger partial charge in [-0.3, -0.25) is 0 Å². The third-order valence-corrected chi connectivity index (χ3v) is 3.27. The van der Waals surface area contributed by atoms with Crippen molar-refractivity contribution >= 4 is 10.0 Å². The Bertz CT molecular complexity index is 443. The molecular weight excluding hydrogens is 252 g/mol. The zero-order chi connectivity index (χ0) is 13.4. The predicted octanol–water partition coefficient (Wildman–Crippen LogP) is 1.10. The molecular formula is C12H20N2O3S. The van der Waals surface area contributed by atoms with E-state index in [9.17, 15) is 8.42 Å². The molecule has 0 heterocycles. The fraction of sp³-hybridized carbons (Fsp3) is 0.500. The zero-order valence-corrected chi connectivity index (χ0v) is 11.4. The van der Waals surface area contributed by atoms with Crippen molar-refractivity contribution in [2.24, 2.45) is 5.14 Å². The topological polar surface area (TPSA) is 81.4 Å². The van der Waals surface area contributed by atoms with E-state index in [2.05, 4.69) is 12.2 Å². The number of nitrogens with two attached hydrogens (primary N) is 1. The molecule has 0 aromatic heterocycles. The quantitative estimate of drug-likeness (QED) is 0.694. The van der Waals surface area contributed by atoms with Crippen LogP contribution in [0.5, 0.6) is 5.75 Å². The maximum atomic E-state index is 11.0. The highest BCUT2D eigenvalue weighted by Crippen LogP contribution is 2.14. The van der Waals surface area contributed by atoms with Gasteiger partial charge in [-0.1, -0.05) is 6.92 Å². The lowest BCUT2D eigenvalue weighted by atomic mass is 10.3. The van der Waals surface area contributed by atoms with E-state index in [1.165, 1.54) is 12.1 Å². The molecule has 102 valence electrons. The number of hydrogen-bond acceptors (Lipinski definition) is 4. The maximum Gasteiger partial charge on any atom is 0.238 e. The summed E-state index contributed by atoms with van der Waals surface area (Å²) in [6, 6.07) is 6.11. The first-order valence-electron chi connectivity index (χ1n) is 6.00. The van der Waals surface area contributed by atoms with E-state index in [0.717, 1.165) is 25.9 Å². The lowest BCUT2D eigenvalue weighted by Gasteiger charge is -2.07. The van der Waals surface area contributed by atoms with Crippen molar-refractivity contribution in [3.05, 3.63) is 24.3 Å². The van der Waals surface area contributed by atoms with Gasteiger partial charge in [0, 0.05) is 0 Å². The number of hydrogen-bond donors (Lipinski definition) is 2. The van der Waals surface area contributed by atoms with Gasteiger partial charge in [-0.05, 0) is 50.2 Å². The van der Waals surface area contributed by atoms with Crippen LogP contribution in [0.1, 0.15) is 19.8 Å². The van der Waals surface area contributed by atoms with Gasteiger partial charge in [0.25, 0.3) is 0 Å². The van der Waals surface area contributed by atoms with Crippen LogP contribution in [0.3, 0.4) is 0 Å². The number of benzene rings is 1. The van der Waals surface area contributed by atoms with Crippen LogP contribution in [0.25, 0.3) is 0 Å². The van der Waals surface area contributed by atoms with E-state index in [0.29, 0.717) is 12.4 Å². The van der Waals surface area contributed by atoms with Crippen molar-refractivity contribution in [2.45, 2.75) is 24.7 Å². The highest BCUT2D eigenvalue weighted by atomic mass is 32.2. The summed E-state index contributed by atoms with van der Waals surface area (Å²) < 4.78 is 27.5. The Balaban J connectivity index is 2.32. The molecule has 0 aliphatic carbocycles. The highest BCUT2D eigenvalue weighted by molar-refractivity contribution is 7.89. The lowest BCUT2D eigenvalue weighted by Crippen LogP contribution is -2.18. The molecule has 0 saturated heterocycles. The molecule has 0 fully saturated rings. The summed E-state index contributed by atoms with van der Waals surface area (Å²) in [5, 5.41) is 8.27. The van der Waals surface area contributed by atoms with Crippen LogP contribution in [0.2, 0.25) is 0 Å². The summed E-state index contributed by atoms with van der Waals surface area (Å²) in [5.74, 6) is 0.651. The van der Waals surface area contributed by atoms with Crippen LogP contribution >= 0.6 is 0 Å². The van der Waals surface area contributed by atoms with Crippen LogP contribution in [0, 0.1) is 0 Å². The minimum absolute atomic E-state index is 0.0967. The largest absolute Gasteiger partial charge is 0.494 e. The lowest BCUT2D eigenvalue weighted by molar-refractivity contribution is 0.308. The van der Waals surface area contributed by atoms with E-state index < -0.39 is 10.0 Å². The first-order chi connectivity index (χ1) is 8.54. The van der Waals surface area contributed by atoms with Gasteiger partial charge in [-0.2, -0.15) is 0 Å². The van der Waals surface area contributed by atoms with Gasteiger partial charge < -0.3 is 10.1 Å². The van der Waals surface area contributed by atoms with Crippen LogP contribution in [-0.4, -0.2) is 28.1 Å². The van der Waals surface area contributed by atoms with Crippen molar-refractivity contribution in [3.63, 3.8) is 0 Å². The van der Waals surface area contributed by atoms with Gasteiger partial charge >= 0.3 is 0 Å². The number of rotatable bonds is 8. The Labute approximate surface area is 108 Å². The summed E-state index contributed by atoms with van der Waals surface area (Å²) in [6.45, 7) is 4.66. The van der Waals surface area contributed by atoms with Crippen LogP contribution in [-0.2, 0) is 10.0 Å². The molecule has 5 nitrogen and oxygen atoms in total. The highest BCUT2D eigenvalue weighted by Gasteiger charge is 2.06. The van der Waals surface area contributed by atoms with Crippen molar-refractivity contribution < 1.29 is 13.2 Å². The fourth-order valence-electron chi connectivity index (χ4n) is 1.41. The van der Waals surface area contributed by atoms with E-state index in [1.807, 2.05) is 0 Å². The van der Waals surface area contributed by atoms with Gasteiger partial charge in [0.2, 0.25) is 10.0 Å². The van der Waals surface area contributed by atoms with Gasteiger partial charge in [0.15, 0.2) is 0 Å². The average molecular weight is 272 g/mol. The Morgan fingerprint density at radius 1 is 1.22 bits per heavy atom. The van der Waals surface area contributed by atoms with Gasteiger partial charge in [0.1, 0.15) is 5.75 Å². The molecule has 0 unspecified atom stereocenters. The molecule has 0 saturated carbocycles. The third-order valence-electron chi connectivity index (χ3n) is 2.35. The molecule has 1 rings (SSSR count). The molecule has 1 aromatic carbocycles. The Kier molecular flexibility index (Phi) is 6.11. The Morgan fingerprint density at radius 3 is 2.44 bits per heavy atom. The molecule has 18 heavy (non-hydrogen) atoms. The van der Waals surface area contributed by atoms with E-state index in [1.54, 1.807) is 12.1 Å². The number of nitrogens with one attached hydrogen (secondary N) is 1. The average Bonchev–Trinajstić information content (AvgIpc) is 2.33. The van der Waals surface area contributed by atoms with E-state index >= 15 is 0 Å². The second-order valence-corrected chi connectivity index (χ2v) is 5.53. The zero-order valence-electron chi connectivity index (χ0n) is 10.6. The van der Waals surface area contributed by atoms with Gasteiger partial charge in [-0.25, -0.2) is 13.6 Å². The number of sulfonamides is 1. The van der Waals surface area contributed by atoms with E-state index in [-0.39, 0.29) is 4.90 Å². The first kappa shape index (κ1) is 14.9. The van der Waals surface area contributed by atoms with Crippen molar-refractivity contribution in [1.82, 2.24) is 5.32 Å². The van der Waals surface area contributed by atoms with Crippen molar-refractivity contribution in [2.75, 3.05) is 19.7 Å². The maximum absolute atomic E-state index is 11.0. The second kappa shape index (κ2) is 7.35. The van der Waals surface area contributed by atoms with Gasteiger partial charge in [-0.15, -0.1) is 0 Å². The monoisotopic (exact) mass is 272 g/mol. The summed E-state index contributed by atoms with van der Waals surface area (Å²) in [7, 11) is -3.62. The minimum Gasteiger partial charge on any atom is -0.494 e. The number of primary sulfonamides is 1. The van der Waals surface area contributed by atoms with Crippen molar-refractivity contribution in [1.29, 1.82) is 0 Å². The fourth-order valence-corrected chi connectivity index (χ4v) is 1.93. The molecule has 3 N–H and O–H groups in total. The van der Waals surface area contributed by atoms with Crippen LogP contribution in [0.15, 0.2) is 29.2 Å². The smallest absolute Gasteiger partial charge is 0.238 e. The number of ether oxygens (including phenoxy) is 1. The van der Waals surface area contributed by atoms with Crippen LogP contribution < -0.4 is 15.2 Å². The Morgan fingerprint density at radius 2 is 1.89 bits per heavy atom. The molecule has 0 atom stereocenters. The first-order valence-corrected chi connectivity index (χ1v) is 7.55. The molecule has 0 radical (unpaired) electrons. The normalized spacial score (nSPS) is 11.4. The molecule has 0 aliphatic rings. The summed E-state index contributed by atoms with van der Waals surface area (Å²) >= 11 is 0. The minimum atomic E-state index is -3.62. The molecule has 0 spiro atoms. The summed E-state index contributed by atoms with van der Waals surface area (Å²) in [5.41, 5.74) is 0.